The molecule has 1 aromatic heterocycles. The van der Waals surface area contributed by atoms with Crippen LogP contribution in [0.5, 0.6) is 0 Å². The molecule has 2 aromatic rings. The summed E-state index contributed by atoms with van der Waals surface area (Å²) >= 11 is 0. The second-order valence-electron chi connectivity index (χ2n) is 11.8. The summed E-state index contributed by atoms with van der Waals surface area (Å²) in [6, 6.07) is 9.39. The molecule has 1 aromatic carbocycles. The van der Waals surface area contributed by atoms with Crippen molar-refractivity contribution in [3.8, 4) is 0 Å². The number of nitrogens with one attached hydrogen (secondary N) is 1. The topological polar surface area (TPSA) is 42.0 Å². The average Bonchev–Trinajstić information content (AvgIpc) is 3.09. The molecule has 3 aliphatic rings. The third-order valence-electron chi connectivity index (χ3n) is 9.46. The van der Waals surface area contributed by atoms with Crippen molar-refractivity contribution < 1.29 is 10.6 Å². The number of anilines is 1. The van der Waals surface area contributed by atoms with E-state index in [2.05, 4.69) is 43.7 Å². The minimum Gasteiger partial charge on any atom is -0.311 e. The fourth-order valence-electron chi connectivity index (χ4n) is 7.59. The lowest BCUT2D eigenvalue weighted by Crippen LogP contribution is -2.42. The number of fused-ring (bicyclic) bond motifs is 5. The third kappa shape index (κ3) is 4.57. The van der Waals surface area contributed by atoms with Crippen LogP contribution < -0.4 is 5.32 Å². The maximum atomic E-state index is 13.9. The van der Waals surface area contributed by atoms with Gasteiger partial charge in [0, 0.05) is 14.0 Å². The number of hydrogen-bond donors (Lipinski definition) is 1. The lowest BCUT2D eigenvalue weighted by atomic mass is 9.53. The first-order valence-corrected chi connectivity index (χ1v) is 13.5. The number of carbonyl (C=O) groups excluding carboxylic acids is 1. The van der Waals surface area contributed by atoms with Crippen LogP contribution >= 0.6 is 0 Å². The van der Waals surface area contributed by atoms with Gasteiger partial charge in [0.25, 0.3) is 0 Å². The molecule has 3 nitrogen and oxygen atoms in total. The Hall–Kier alpha value is -2.49. The number of rotatable bonds is 6. The Morgan fingerprint density at radius 1 is 1.29 bits per heavy atom. The van der Waals surface area contributed by atoms with Crippen LogP contribution in [0.3, 0.4) is 0 Å². The van der Waals surface area contributed by atoms with Crippen LogP contribution in [-0.4, -0.2) is 10.9 Å². The first-order chi connectivity index (χ1) is 16.8. The zero-order chi connectivity index (χ0) is 24.7. The summed E-state index contributed by atoms with van der Waals surface area (Å²) in [6.07, 6.45) is 9.87. The number of halogens is 1. The predicted octanol–water partition coefficient (Wildman–Crippen LogP) is 8.04. The molecule has 2 fully saturated rings. The molecule has 1 N–H and O–H groups in total. The average molecular weight is 477 g/mol. The number of aryl methyl sites for hydroxylation is 1. The summed E-state index contributed by atoms with van der Waals surface area (Å²) in [4.78, 5) is 17.0. The van der Waals surface area contributed by atoms with Crippen LogP contribution in [0.25, 0.3) is 0 Å². The number of hydrogen-bond acceptors (Lipinski definition) is 2. The first-order valence-electron chi connectivity index (χ1n) is 13.5. The molecule has 1 amide bonds. The Labute approximate surface area is 211 Å². The fourth-order valence-corrected chi connectivity index (χ4v) is 7.59. The minimum absolute atomic E-state index is 0. The number of nitrogens with zero attached hydrogens (tertiary/aromatic N) is 1. The molecule has 2 saturated carbocycles. The van der Waals surface area contributed by atoms with E-state index >= 15 is 0 Å². The number of amides is 1. The molecule has 3 unspecified atom stereocenters. The van der Waals surface area contributed by atoms with Crippen molar-refractivity contribution in [1.82, 2.24) is 4.98 Å². The van der Waals surface area contributed by atoms with Crippen molar-refractivity contribution in [2.24, 2.45) is 23.2 Å². The van der Waals surface area contributed by atoms with Gasteiger partial charge in [0.05, 0.1) is 0 Å². The lowest BCUT2D eigenvalue weighted by Gasteiger charge is -2.51. The maximum Gasteiger partial charge on any atom is 0.225 e. The van der Waals surface area contributed by atoms with E-state index < -0.39 is 0 Å². The maximum absolute atomic E-state index is 13.9. The lowest BCUT2D eigenvalue weighted by molar-refractivity contribution is -0.116. The summed E-state index contributed by atoms with van der Waals surface area (Å²) in [5, 5.41) is 2.97. The highest BCUT2D eigenvalue weighted by atomic mass is 19.1. The highest BCUT2D eigenvalue weighted by molar-refractivity contribution is 5.89. The second-order valence-corrected chi connectivity index (χ2v) is 11.8. The van der Waals surface area contributed by atoms with Crippen molar-refractivity contribution in [1.29, 1.82) is 0 Å². The summed E-state index contributed by atoms with van der Waals surface area (Å²) in [6.45, 7) is 11.2. The SMILES string of the molecule is C=C1C[C@@H](CCCC(=O)Nc2ccc(C(C)C)cn2)C2C3CCc4cc(F)ccc4C3CC[C@]12C.[HH]. The molecule has 0 saturated heterocycles. The molecule has 188 valence electrons. The van der Waals surface area contributed by atoms with E-state index in [4.69, 9.17) is 0 Å². The van der Waals surface area contributed by atoms with Crippen LogP contribution in [0.4, 0.5) is 10.2 Å². The van der Waals surface area contributed by atoms with E-state index in [1.54, 1.807) is 12.1 Å². The molecule has 0 spiro atoms. The van der Waals surface area contributed by atoms with Gasteiger partial charge in [0.15, 0.2) is 0 Å². The Morgan fingerprint density at radius 3 is 2.86 bits per heavy atom. The second kappa shape index (κ2) is 9.52. The van der Waals surface area contributed by atoms with Gasteiger partial charge in [0.1, 0.15) is 11.6 Å². The van der Waals surface area contributed by atoms with E-state index in [9.17, 15) is 9.18 Å². The molecule has 0 aliphatic heterocycles. The van der Waals surface area contributed by atoms with E-state index in [0.717, 1.165) is 32.1 Å². The Morgan fingerprint density at radius 2 is 2.11 bits per heavy atom. The summed E-state index contributed by atoms with van der Waals surface area (Å²) in [5.74, 6) is 3.36. The van der Waals surface area contributed by atoms with E-state index in [0.29, 0.717) is 41.8 Å². The Bertz CT molecular complexity index is 1110. The van der Waals surface area contributed by atoms with Gasteiger partial charge in [-0.2, -0.15) is 0 Å². The zero-order valence-electron chi connectivity index (χ0n) is 21.4. The molecule has 0 radical (unpaired) electrons. The molecule has 5 atom stereocenters. The summed E-state index contributed by atoms with van der Waals surface area (Å²) in [7, 11) is 0. The van der Waals surface area contributed by atoms with Gasteiger partial charge in [-0.1, -0.05) is 45.1 Å². The highest BCUT2D eigenvalue weighted by Crippen LogP contribution is 2.65. The van der Waals surface area contributed by atoms with Crippen LogP contribution in [-0.2, 0) is 11.2 Å². The first kappa shape index (κ1) is 24.2. The molecule has 4 heteroatoms. The van der Waals surface area contributed by atoms with E-state index in [-0.39, 0.29) is 18.6 Å². The molecule has 1 heterocycles. The van der Waals surface area contributed by atoms with Gasteiger partial charge in [0.2, 0.25) is 5.91 Å². The van der Waals surface area contributed by atoms with E-state index in [1.165, 1.54) is 35.1 Å². The summed E-state index contributed by atoms with van der Waals surface area (Å²) in [5.41, 5.74) is 5.39. The van der Waals surface area contributed by atoms with Gasteiger partial charge in [-0.25, -0.2) is 9.37 Å². The molecule has 5 rings (SSSR count). The zero-order valence-corrected chi connectivity index (χ0v) is 21.4. The molecular formula is C31H41FN2O. The highest BCUT2D eigenvalue weighted by Gasteiger charge is 2.55. The smallest absolute Gasteiger partial charge is 0.225 e. The minimum atomic E-state index is -0.112. The van der Waals surface area contributed by atoms with Crippen LogP contribution in [0.2, 0.25) is 0 Å². The Balaban J connectivity index is 0.00000304. The van der Waals surface area contributed by atoms with Crippen molar-refractivity contribution in [2.45, 2.75) is 84.0 Å². The van der Waals surface area contributed by atoms with Crippen LogP contribution in [0.1, 0.15) is 95.7 Å². The van der Waals surface area contributed by atoms with Crippen LogP contribution in [0.15, 0.2) is 48.7 Å². The van der Waals surface area contributed by atoms with Crippen molar-refractivity contribution in [3.05, 3.63) is 71.2 Å². The summed E-state index contributed by atoms with van der Waals surface area (Å²) < 4.78 is 13.9. The quantitative estimate of drug-likeness (QED) is 0.429. The van der Waals surface area contributed by atoms with Gasteiger partial charge in [-0.3, -0.25) is 4.79 Å². The van der Waals surface area contributed by atoms with Gasteiger partial charge in [-0.15, -0.1) is 0 Å². The number of carbonyl (C=O) groups is 1. The normalized spacial score (nSPS) is 29.5. The Kier molecular flexibility index (Phi) is 6.59. The van der Waals surface area contributed by atoms with Gasteiger partial charge >= 0.3 is 0 Å². The number of allylic oxidation sites excluding steroid dienone is 1. The molecule has 35 heavy (non-hydrogen) atoms. The van der Waals surface area contributed by atoms with Crippen molar-refractivity contribution >= 4 is 11.7 Å². The van der Waals surface area contributed by atoms with Crippen molar-refractivity contribution in [2.75, 3.05) is 5.32 Å². The van der Waals surface area contributed by atoms with Crippen LogP contribution in [0, 0.1) is 29.0 Å². The van der Waals surface area contributed by atoms with Crippen molar-refractivity contribution in [3.63, 3.8) is 0 Å². The predicted molar refractivity (Wildman–Crippen MR) is 142 cm³/mol. The monoisotopic (exact) mass is 476 g/mol. The third-order valence-corrected chi connectivity index (χ3v) is 9.46. The molecule has 3 aliphatic carbocycles. The number of aromatic nitrogens is 1. The van der Waals surface area contributed by atoms with Gasteiger partial charge < -0.3 is 5.32 Å². The fraction of sp³-hybridized carbons (Fsp3) is 0.548. The standard InChI is InChI=1S/C31H39FN2O.H2/c1-19(2)23-9-13-28(33-18-23)34-29(35)7-5-6-22-16-20(3)31(4)15-14-26-25-12-10-24(32)17-21(25)8-11-27(26)30(22)31;/h9-10,12-13,17-19,22,26-27,30H,3,5-8,11,14-16H2,1-2,4H3,(H,33,34,35);1H/t22-,26?,27?,30?,31-;/m1./s1. The number of benzene rings is 1. The largest absolute Gasteiger partial charge is 0.311 e. The van der Waals surface area contributed by atoms with E-state index in [1.807, 2.05) is 18.3 Å². The van der Waals surface area contributed by atoms with Gasteiger partial charge in [-0.05, 0) is 115 Å². The number of pyridine rings is 1. The molecular weight excluding hydrogens is 435 g/mol. The molecule has 0 bridgehead atoms.